The Hall–Kier alpha value is -0.160. The van der Waals surface area contributed by atoms with Crippen LogP contribution in [0.1, 0.15) is 33.6 Å². The summed E-state index contributed by atoms with van der Waals surface area (Å²) < 4.78 is 16.4. The minimum atomic E-state index is -0.0658. The van der Waals surface area contributed by atoms with E-state index in [1.54, 1.807) is 0 Å². The molecule has 0 unspecified atom stereocenters. The molecule has 17 heavy (non-hydrogen) atoms. The van der Waals surface area contributed by atoms with Crippen LogP contribution in [0.2, 0.25) is 0 Å². The van der Waals surface area contributed by atoms with Crippen molar-refractivity contribution >= 4 is 0 Å². The molecule has 0 aromatic carbocycles. The first-order valence-electron chi connectivity index (χ1n) is 6.61. The average Bonchev–Trinajstić information content (AvgIpc) is 2.28. The minimum absolute atomic E-state index is 0.0658. The summed E-state index contributed by atoms with van der Waals surface area (Å²) in [6.45, 7) is 11.0. The number of rotatable bonds is 7. The van der Waals surface area contributed by atoms with E-state index >= 15 is 0 Å². The van der Waals surface area contributed by atoms with Crippen LogP contribution in [0, 0.1) is 0 Å². The summed E-state index contributed by atoms with van der Waals surface area (Å²) in [6.07, 6.45) is 2.24. The fourth-order valence-electron chi connectivity index (χ4n) is 1.75. The van der Waals surface area contributed by atoms with Crippen molar-refractivity contribution < 1.29 is 14.2 Å². The molecule has 1 fully saturated rings. The zero-order valence-electron chi connectivity index (χ0n) is 11.5. The molecule has 0 saturated carbocycles. The quantitative estimate of drug-likeness (QED) is 0.691. The first-order valence-corrected chi connectivity index (χ1v) is 6.61. The lowest BCUT2D eigenvalue weighted by Crippen LogP contribution is -2.36. The van der Waals surface area contributed by atoms with Gasteiger partial charge in [-0.3, -0.25) is 0 Å². The van der Waals surface area contributed by atoms with Crippen LogP contribution in [0.4, 0.5) is 0 Å². The van der Waals surface area contributed by atoms with Crippen LogP contribution in [0.3, 0.4) is 0 Å². The minimum Gasteiger partial charge on any atom is -0.381 e. The monoisotopic (exact) mass is 245 g/mol. The van der Waals surface area contributed by atoms with Gasteiger partial charge in [0.2, 0.25) is 0 Å². The Kier molecular flexibility index (Phi) is 7.04. The standard InChI is InChI=1S/C13H27NO3/c1-13(2,3)17-11-10-16-9-6-14-12-4-7-15-8-5-12/h12,14H,4-11H2,1-3H3. The summed E-state index contributed by atoms with van der Waals surface area (Å²) in [5.41, 5.74) is -0.0658. The zero-order valence-corrected chi connectivity index (χ0v) is 11.5. The first kappa shape index (κ1) is 14.9. The molecular formula is C13H27NO3. The van der Waals surface area contributed by atoms with Gasteiger partial charge >= 0.3 is 0 Å². The molecule has 0 atom stereocenters. The van der Waals surface area contributed by atoms with Gasteiger partial charge in [0.15, 0.2) is 0 Å². The molecule has 1 aliphatic rings. The molecule has 0 bridgehead atoms. The molecule has 1 aliphatic heterocycles. The number of hydrogen-bond acceptors (Lipinski definition) is 4. The highest BCUT2D eigenvalue weighted by Crippen LogP contribution is 2.06. The second-order valence-corrected chi connectivity index (χ2v) is 5.41. The molecule has 0 aromatic rings. The van der Waals surface area contributed by atoms with Gasteiger partial charge in [0, 0.05) is 25.8 Å². The van der Waals surface area contributed by atoms with Crippen LogP contribution in [0.25, 0.3) is 0 Å². The summed E-state index contributed by atoms with van der Waals surface area (Å²) in [6, 6.07) is 0.609. The predicted molar refractivity (Wildman–Crippen MR) is 68.4 cm³/mol. The average molecular weight is 245 g/mol. The lowest BCUT2D eigenvalue weighted by atomic mass is 10.1. The van der Waals surface area contributed by atoms with Gasteiger partial charge in [-0.15, -0.1) is 0 Å². The highest BCUT2D eigenvalue weighted by molar-refractivity contribution is 4.69. The molecule has 0 spiro atoms. The third-order valence-corrected chi connectivity index (χ3v) is 2.66. The summed E-state index contributed by atoms with van der Waals surface area (Å²) in [7, 11) is 0. The molecule has 1 heterocycles. The first-order chi connectivity index (χ1) is 8.08. The van der Waals surface area contributed by atoms with Crippen molar-refractivity contribution in [2.45, 2.75) is 45.3 Å². The van der Waals surface area contributed by atoms with Crippen LogP contribution in [-0.2, 0) is 14.2 Å². The highest BCUT2D eigenvalue weighted by atomic mass is 16.5. The highest BCUT2D eigenvalue weighted by Gasteiger charge is 2.12. The lowest BCUT2D eigenvalue weighted by Gasteiger charge is -2.23. The Morgan fingerprint density at radius 3 is 2.47 bits per heavy atom. The van der Waals surface area contributed by atoms with Crippen molar-refractivity contribution in [2.24, 2.45) is 0 Å². The van der Waals surface area contributed by atoms with Crippen molar-refractivity contribution in [1.29, 1.82) is 0 Å². The molecule has 1 saturated heterocycles. The number of nitrogens with one attached hydrogen (secondary N) is 1. The molecule has 4 heteroatoms. The van der Waals surface area contributed by atoms with E-state index in [-0.39, 0.29) is 5.60 Å². The van der Waals surface area contributed by atoms with Gasteiger partial charge in [-0.25, -0.2) is 0 Å². The topological polar surface area (TPSA) is 39.7 Å². The smallest absolute Gasteiger partial charge is 0.0707 e. The predicted octanol–water partition coefficient (Wildman–Crippen LogP) is 1.59. The van der Waals surface area contributed by atoms with Gasteiger partial charge in [0.05, 0.1) is 25.4 Å². The SMILES string of the molecule is CC(C)(C)OCCOCCNC1CCOCC1. The van der Waals surface area contributed by atoms with Crippen LogP contribution in [-0.4, -0.2) is 51.2 Å². The maximum absolute atomic E-state index is 5.56. The Labute approximate surface area is 105 Å². The van der Waals surface area contributed by atoms with Crippen molar-refractivity contribution in [3.63, 3.8) is 0 Å². The van der Waals surface area contributed by atoms with E-state index in [4.69, 9.17) is 14.2 Å². The molecule has 0 radical (unpaired) electrons. The maximum atomic E-state index is 5.56. The van der Waals surface area contributed by atoms with Crippen molar-refractivity contribution in [3.8, 4) is 0 Å². The third-order valence-electron chi connectivity index (χ3n) is 2.66. The van der Waals surface area contributed by atoms with Gasteiger partial charge in [-0.2, -0.15) is 0 Å². The number of hydrogen-bond donors (Lipinski definition) is 1. The normalized spacial score (nSPS) is 18.5. The number of ether oxygens (including phenoxy) is 3. The molecule has 0 amide bonds. The van der Waals surface area contributed by atoms with Crippen molar-refractivity contribution in [3.05, 3.63) is 0 Å². The summed E-state index contributed by atoms with van der Waals surface area (Å²) in [5.74, 6) is 0. The largest absolute Gasteiger partial charge is 0.381 e. The third kappa shape index (κ3) is 8.55. The molecule has 4 nitrogen and oxygen atoms in total. The van der Waals surface area contributed by atoms with E-state index in [1.807, 2.05) is 0 Å². The summed E-state index contributed by atoms with van der Waals surface area (Å²) in [4.78, 5) is 0. The molecular weight excluding hydrogens is 218 g/mol. The Morgan fingerprint density at radius 2 is 1.82 bits per heavy atom. The van der Waals surface area contributed by atoms with Crippen LogP contribution < -0.4 is 5.32 Å². The zero-order chi connectivity index (χ0) is 12.6. The van der Waals surface area contributed by atoms with Crippen LogP contribution in [0.15, 0.2) is 0 Å². The van der Waals surface area contributed by atoms with E-state index in [2.05, 4.69) is 26.1 Å². The lowest BCUT2D eigenvalue weighted by molar-refractivity contribution is -0.0347. The maximum Gasteiger partial charge on any atom is 0.0707 e. The molecule has 1 rings (SSSR count). The Bertz CT molecular complexity index is 186. The van der Waals surface area contributed by atoms with Gasteiger partial charge in [-0.1, -0.05) is 0 Å². The fraction of sp³-hybridized carbons (Fsp3) is 1.00. The van der Waals surface area contributed by atoms with Gasteiger partial charge in [0.1, 0.15) is 0 Å². The second-order valence-electron chi connectivity index (χ2n) is 5.41. The van der Waals surface area contributed by atoms with E-state index in [9.17, 15) is 0 Å². The van der Waals surface area contributed by atoms with Crippen molar-refractivity contribution in [2.75, 3.05) is 39.6 Å². The molecule has 102 valence electrons. The van der Waals surface area contributed by atoms with E-state index in [0.717, 1.165) is 39.2 Å². The van der Waals surface area contributed by atoms with Crippen molar-refractivity contribution in [1.82, 2.24) is 5.32 Å². The Balaban J connectivity index is 1.84. The van der Waals surface area contributed by atoms with Gasteiger partial charge < -0.3 is 19.5 Å². The van der Waals surface area contributed by atoms with E-state index in [0.29, 0.717) is 19.3 Å². The van der Waals surface area contributed by atoms with Crippen LogP contribution >= 0.6 is 0 Å². The van der Waals surface area contributed by atoms with E-state index < -0.39 is 0 Å². The van der Waals surface area contributed by atoms with E-state index in [1.165, 1.54) is 0 Å². The van der Waals surface area contributed by atoms with Crippen LogP contribution in [0.5, 0.6) is 0 Å². The summed E-state index contributed by atoms with van der Waals surface area (Å²) in [5, 5.41) is 3.48. The van der Waals surface area contributed by atoms with Gasteiger partial charge in [0.25, 0.3) is 0 Å². The molecule has 0 aromatic heterocycles. The fourth-order valence-corrected chi connectivity index (χ4v) is 1.75. The Morgan fingerprint density at radius 1 is 1.12 bits per heavy atom. The second kappa shape index (κ2) is 8.03. The molecule has 1 N–H and O–H groups in total. The summed E-state index contributed by atoms with van der Waals surface area (Å²) >= 11 is 0. The molecule has 0 aliphatic carbocycles. The van der Waals surface area contributed by atoms with Gasteiger partial charge in [-0.05, 0) is 33.6 Å².